The second-order valence-electron chi connectivity index (χ2n) is 3.35. The molecule has 0 atom stereocenters. The van der Waals surface area contributed by atoms with Gasteiger partial charge in [-0.15, -0.1) is 0 Å². The van der Waals surface area contributed by atoms with Gasteiger partial charge in [-0.05, 0) is 18.2 Å². The largest absolute Gasteiger partial charge is 0.374 e. The first-order valence-corrected chi connectivity index (χ1v) is 5.47. The maximum absolute atomic E-state index is 13.3. The molecule has 100 valence electrons. The number of nitrogens with one attached hydrogen (secondary N) is 1. The van der Waals surface area contributed by atoms with Crippen LogP contribution in [0.15, 0.2) is 18.2 Å². The molecule has 1 rings (SSSR count). The third kappa shape index (κ3) is 4.93. The molecule has 0 unspecified atom stereocenters. The van der Waals surface area contributed by atoms with E-state index >= 15 is 0 Å². The van der Waals surface area contributed by atoms with Crippen LogP contribution in [0, 0.1) is 5.82 Å². The normalized spacial score (nSPS) is 10.7. The molecule has 0 heterocycles. The van der Waals surface area contributed by atoms with Crippen molar-refractivity contribution in [2.45, 2.75) is 6.43 Å². The highest BCUT2D eigenvalue weighted by molar-refractivity contribution is 6.30. The smallest absolute Gasteiger partial charge is 0.261 e. The number of hydrogen-bond acceptors (Lipinski definition) is 2. The van der Waals surface area contributed by atoms with Crippen molar-refractivity contribution in [2.24, 2.45) is 0 Å². The van der Waals surface area contributed by atoms with E-state index in [1.807, 2.05) is 0 Å². The average molecular weight is 282 g/mol. The summed E-state index contributed by atoms with van der Waals surface area (Å²) in [7, 11) is 0. The minimum atomic E-state index is -2.55. The fourth-order valence-corrected chi connectivity index (χ4v) is 1.35. The molecule has 7 heteroatoms. The molecule has 0 aliphatic rings. The van der Waals surface area contributed by atoms with Crippen molar-refractivity contribution in [3.8, 4) is 0 Å². The topological polar surface area (TPSA) is 38.3 Å². The van der Waals surface area contributed by atoms with Crippen LogP contribution < -0.4 is 5.32 Å². The van der Waals surface area contributed by atoms with E-state index in [9.17, 15) is 18.0 Å². The van der Waals surface area contributed by atoms with Gasteiger partial charge in [0.1, 0.15) is 12.4 Å². The van der Waals surface area contributed by atoms with Gasteiger partial charge in [-0.2, -0.15) is 0 Å². The van der Waals surface area contributed by atoms with Crippen molar-refractivity contribution >= 4 is 17.5 Å². The number of alkyl halides is 2. The van der Waals surface area contributed by atoms with Gasteiger partial charge in [0.05, 0.1) is 12.2 Å². The van der Waals surface area contributed by atoms with Crippen LogP contribution in [0.1, 0.15) is 10.4 Å². The molecular formula is C11H11ClF3NO2. The number of benzene rings is 1. The molecule has 1 aromatic rings. The zero-order chi connectivity index (χ0) is 13.5. The second-order valence-corrected chi connectivity index (χ2v) is 3.78. The summed E-state index contributed by atoms with van der Waals surface area (Å²) < 4.78 is 41.2. The molecular weight excluding hydrogens is 271 g/mol. The summed E-state index contributed by atoms with van der Waals surface area (Å²) in [6.07, 6.45) is -2.55. The van der Waals surface area contributed by atoms with Crippen LogP contribution in [0.25, 0.3) is 0 Å². The van der Waals surface area contributed by atoms with E-state index in [0.717, 1.165) is 6.07 Å². The molecule has 1 amide bonds. The molecule has 18 heavy (non-hydrogen) atoms. The molecule has 0 aliphatic heterocycles. The first-order chi connectivity index (χ1) is 8.50. The molecule has 1 N–H and O–H groups in total. The molecule has 1 aromatic carbocycles. The first-order valence-electron chi connectivity index (χ1n) is 5.10. The molecule has 0 saturated carbocycles. The quantitative estimate of drug-likeness (QED) is 0.814. The highest BCUT2D eigenvalue weighted by atomic mass is 35.5. The van der Waals surface area contributed by atoms with E-state index in [-0.39, 0.29) is 23.7 Å². The number of carbonyl (C=O) groups is 1. The van der Waals surface area contributed by atoms with Gasteiger partial charge in [-0.25, -0.2) is 13.2 Å². The van der Waals surface area contributed by atoms with Crippen LogP contribution in [-0.2, 0) is 4.74 Å². The maximum atomic E-state index is 13.3. The SMILES string of the molecule is O=C(NCCOCC(F)F)c1cc(Cl)ccc1F. The average Bonchev–Trinajstić information content (AvgIpc) is 2.31. The summed E-state index contributed by atoms with van der Waals surface area (Å²) in [5.41, 5.74) is -0.198. The highest BCUT2D eigenvalue weighted by Crippen LogP contribution is 2.14. The zero-order valence-corrected chi connectivity index (χ0v) is 10.0. The number of ether oxygens (including phenoxy) is 1. The van der Waals surface area contributed by atoms with Gasteiger partial charge in [0.2, 0.25) is 0 Å². The molecule has 0 bridgehead atoms. The van der Waals surface area contributed by atoms with Gasteiger partial charge >= 0.3 is 0 Å². The Hall–Kier alpha value is -1.27. The van der Waals surface area contributed by atoms with Crippen LogP contribution in [0.4, 0.5) is 13.2 Å². The lowest BCUT2D eigenvalue weighted by Crippen LogP contribution is -2.28. The molecule has 0 radical (unpaired) electrons. The molecule has 0 fully saturated rings. The Morgan fingerprint density at radius 1 is 1.44 bits per heavy atom. The summed E-state index contributed by atoms with van der Waals surface area (Å²) in [6.45, 7) is -0.753. The van der Waals surface area contributed by atoms with E-state index < -0.39 is 24.8 Å². The van der Waals surface area contributed by atoms with Crippen molar-refractivity contribution in [1.82, 2.24) is 5.32 Å². The number of carbonyl (C=O) groups excluding carboxylic acids is 1. The summed E-state index contributed by atoms with van der Waals surface area (Å²) >= 11 is 5.62. The minimum Gasteiger partial charge on any atom is -0.374 e. The Kier molecular flexibility index (Phi) is 5.94. The summed E-state index contributed by atoms with van der Waals surface area (Å²) in [5, 5.41) is 2.57. The van der Waals surface area contributed by atoms with Gasteiger partial charge in [-0.3, -0.25) is 4.79 Å². The van der Waals surface area contributed by atoms with Crippen molar-refractivity contribution in [3.63, 3.8) is 0 Å². The molecule has 0 aliphatic carbocycles. The number of hydrogen-bond donors (Lipinski definition) is 1. The lowest BCUT2D eigenvalue weighted by molar-refractivity contribution is 0.0188. The van der Waals surface area contributed by atoms with E-state index in [0.29, 0.717) is 0 Å². The van der Waals surface area contributed by atoms with Gasteiger partial charge in [-0.1, -0.05) is 11.6 Å². The lowest BCUT2D eigenvalue weighted by atomic mass is 10.2. The standard InChI is InChI=1S/C11H11ClF3NO2/c12-7-1-2-9(13)8(5-7)11(17)16-3-4-18-6-10(14)15/h1-2,5,10H,3-4,6H2,(H,16,17). The Balaban J connectivity index is 2.39. The summed E-state index contributed by atoms with van der Waals surface area (Å²) in [4.78, 5) is 11.5. The molecule has 0 aromatic heterocycles. The van der Waals surface area contributed by atoms with Crippen molar-refractivity contribution in [1.29, 1.82) is 0 Å². The van der Waals surface area contributed by atoms with Gasteiger partial charge < -0.3 is 10.1 Å². The van der Waals surface area contributed by atoms with Crippen LogP contribution in [0.3, 0.4) is 0 Å². The lowest BCUT2D eigenvalue weighted by Gasteiger charge is -2.07. The van der Waals surface area contributed by atoms with E-state index in [2.05, 4.69) is 10.1 Å². The van der Waals surface area contributed by atoms with E-state index in [4.69, 9.17) is 11.6 Å². The minimum absolute atomic E-state index is 0.0114. The predicted octanol–water partition coefficient (Wildman–Crippen LogP) is 2.49. The van der Waals surface area contributed by atoms with E-state index in [1.54, 1.807) is 0 Å². The van der Waals surface area contributed by atoms with Crippen LogP contribution in [-0.4, -0.2) is 32.1 Å². The Morgan fingerprint density at radius 2 is 2.17 bits per heavy atom. The third-order valence-corrected chi connectivity index (χ3v) is 2.18. The van der Waals surface area contributed by atoms with E-state index in [1.165, 1.54) is 12.1 Å². The fourth-order valence-electron chi connectivity index (χ4n) is 1.18. The first kappa shape index (κ1) is 14.8. The van der Waals surface area contributed by atoms with Crippen LogP contribution in [0.2, 0.25) is 5.02 Å². The fraction of sp³-hybridized carbons (Fsp3) is 0.364. The van der Waals surface area contributed by atoms with Gasteiger partial charge in [0.15, 0.2) is 0 Å². The molecule has 0 saturated heterocycles. The Morgan fingerprint density at radius 3 is 2.83 bits per heavy atom. The van der Waals surface area contributed by atoms with Crippen molar-refractivity contribution < 1.29 is 22.7 Å². The maximum Gasteiger partial charge on any atom is 0.261 e. The number of amides is 1. The van der Waals surface area contributed by atoms with Gasteiger partial charge in [0, 0.05) is 11.6 Å². The number of halogens is 4. The monoisotopic (exact) mass is 281 g/mol. The molecule has 0 spiro atoms. The Labute approximate surface area is 107 Å². The summed E-state index contributed by atoms with van der Waals surface area (Å²) in [5.74, 6) is -1.37. The zero-order valence-electron chi connectivity index (χ0n) is 9.26. The van der Waals surface area contributed by atoms with Gasteiger partial charge in [0.25, 0.3) is 12.3 Å². The Bertz CT molecular complexity index is 415. The molecule has 3 nitrogen and oxygen atoms in total. The second kappa shape index (κ2) is 7.23. The van der Waals surface area contributed by atoms with Crippen molar-refractivity contribution in [3.05, 3.63) is 34.6 Å². The highest BCUT2D eigenvalue weighted by Gasteiger charge is 2.11. The van der Waals surface area contributed by atoms with Crippen LogP contribution in [0.5, 0.6) is 0 Å². The third-order valence-electron chi connectivity index (χ3n) is 1.95. The number of rotatable bonds is 6. The van der Waals surface area contributed by atoms with Crippen molar-refractivity contribution in [2.75, 3.05) is 19.8 Å². The van der Waals surface area contributed by atoms with Crippen LogP contribution >= 0.6 is 11.6 Å². The summed E-state index contributed by atoms with van der Waals surface area (Å²) in [6, 6.07) is 3.58. The predicted molar refractivity (Wildman–Crippen MR) is 60.6 cm³/mol.